The molecule has 0 amide bonds. The molecule has 0 fully saturated rings. The molecule has 10 heteroatoms. The Morgan fingerprint density at radius 2 is 1.07 bits per heavy atom. The third kappa shape index (κ3) is 9.49. The van der Waals surface area contributed by atoms with E-state index in [-0.39, 0.29) is 65.5 Å². The molecule has 2 atom stereocenters. The minimum Gasteiger partial charge on any atom is -0.736 e. The number of aryl methyl sites for hydroxylation is 2. The number of carbonyl (C=O) groups is 2. The van der Waals surface area contributed by atoms with Crippen molar-refractivity contribution in [3.05, 3.63) is 130 Å². The minimum atomic E-state index is -4.96. The van der Waals surface area contributed by atoms with Crippen LogP contribution in [0.2, 0.25) is 0 Å². The predicted octanol–water partition coefficient (Wildman–Crippen LogP) is 3.99. The van der Waals surface area contributed by atoms with Crippen molar-refractivity contribution in [1.82, 2.24) is 0 Å². The zero-order chi connectivity index (χ0) is 31.0. The van der Waals surface area contributed by atoms with Gasteiger partial charge in [0.1, 0.15) is 11.5 Å². The quantitative estimate of drug-likeness (QED) is 0.133. The van der Waals surface area contributed by atoms with E-state index in [1.807, 2.05) is 38.1 Å². The molecule has 0 aromatic heterocycles. The van der Waals surface area contributed by atoms with Gasteiger partial charge in [-0.25, -0.2) is 4.57 Å². The molecule has 0 heterocycles. The fraction of sp³-hybridized carbons (Fsp3) is 0.176. The summed E-state index contributed by atoms with van der Waals surface area (Å²) < 4.78 is 23.1. The first-order chi connectivity index (χ1) is 20.6. The second kappa shape index (κ2) is 15.6. The number of nitrogens with zero attached hydrogens (tertiary/aromatic N) is 2. The molecular formula is C34H28N2NaO6P. The van der Waals surface area contributed by atoms with E-state index in [1.165, 1.54) is 36.4 Å². The summed E-state index contributed by atoms with van der Waals surface area (Å²) in [5.74, 6) is -2.26. The van der Waals surface area contributed by atoms with Crippen LogP contribution in [0.5, 0.6) is 11.5 Å². The van der Waals surface area contributed by atoms with Gasteiger partial charge in [-0.1, -0.05) is 83.9 Å². The van der Waals surface area contributed by atoms with E-state index in [9.17, 15) is 29.6 Å². The van der Waals surface area contributed by atoms with Crippen LogP contribution in [-0.4, -0.2) is 11.6 Å². The normalized spacial score (nSPS) is 13.1. The molecule has 44 heavy (non-hydrogen) atoms. The van der Waals surface area contributed by atoms with E-state index < -0.39 is 19.7 Å². The van der Waals surface area contributed by atoms with Crippen LogP contribution in [0.1, 0.15) is 67.6 Å². The number of ketones is 2. The van der Waals surface area contributed by atoms with Crippen LogP contribution in [0.4, 0.5) is 0 Å². The van der Waals surface area contributed by atoms with Gasteiger partial charge in [0, 0.05) is 24.0 Å². The molecule has 0 radical (unpaired) electrons. The first-order valence-electron chi connectivity index (χ1n) is 13.5. The number of Topliss-reactive ketones (excluding diaryl/α,β-unsaturated/α-hetero) is 2. The largest absolute Gasteiger partial charge is 1.00 e. The number of hydrogen-bond donors (Lipinski definition) is 0. The Balaban J connectivity index is 0.00000529. The van der Waals surface area contributed by atoms with Gasteiger partial charge in [0.2, 0.25) is 0 Å². The van der Waals surface area contributed by atoms with Crippen molar-refractivity contribution in [2.24, 2.45) is 0 Å². The fourth-order valence-electron chi connectivity index (χ4n) is 4.41. The number of phosphoric acid groups is 1. The molecule has 0 aliphatic rings. The van der Waals surface area contributed by atoms with Crippen molar-refractivity contribution in [2.45, 2.75) is 38.5 Å². The number of hydrogen-bond acceptors (Lipinski definition) is 8. The molecule has 0 N–H and O–H groups in total. The summed E-state index contributed by atoms with van der Waals surface area (Å²) in [6.45, 7) is 3.82. The summed E-state index contributed by atoms with van der Waals surface area (Å²) in [4.78, 5) is 38.2. The molecule has 0 spiro atoms. The van der Waals surface area contributed by atoms with Gasteiger partial charge in [-0.2, -0.15) is 10.5 Å². The monoisotopic (exact) mass is 614 g/mol. The van der Waals surface area contributed by atoms with Gasteiger partial charge in [-0.15, -0.1) is 0 Å². The van der Waals surface area contributed by atoms with Crippen LogP contribution in [-0.2, 0) is 4.57 Å². The summed E-state index contributed by atoms with van der Waals surface area (Å²) in [5.41, 5.74) is 3.81. The van der Waals surface area contributed by atoms with Gasteiger partial charge in [0.05, 0.1) is 24.0 Å². The van der Waals surface area contributed by atoms with Crippen molar-refractivity contribution in [3.63, 3.8) is 0 Å². The van der Waals surface area contributed by atoms with E-state index in [0.717, 1.165) is 11.1 Å². The van der Waals surface area contributed by atoms with E-state index in [1.54, 1.807) is 36.4 Å². The second-order valence-electron chi connectivity index (χ2n) is 10.1. The Kier molecular flexibility index (Phi) is 12.3. The first kappa shape index (κ1) is 34.5. The molecule has 0 saturated carbocycles. The molecular weight excluding hydrogens is 586 g/mol. The van der Waals surface area contributed by atoms with Crippen LogP contribution in [0.3, 0.4) is 0 Å². The third-order valence-corrected chi connectivity index (χ3v) is 7.66. The maximum atomic E-state index is 12.8. The fourth-order valence-corrected chi connectivity index (χ4v) is 5.20. The number of phosphoric ester groups is 1. The molecule has 8 nitrogen and oxygen atoms in total. The average molecular weight is 615 g/mol. The standard InChI is InChI=1S/C34H29N2O6P.Na/c1-23-9-13-25(14-10-23)33(37)19-29(21-35)27-5-3-7-31(17-27)41-43(39,40)42-32-8-4-6-28(18-32)30(22-36)20-34(38)26-15-11-24(2)12-16-26;/h3-18,29-30H,19-20H2,1-2H3,(H,39,40);/q;+1/p-1. The van der Waals surface area contributed by atoms with Gasteiger partial charge in [0.15, 0.2) is 11.6 Å². The molecule has 4 rings (SSSR count). The number of nitriles is 2. The minimum absolute atomic E-state index is 0. The van der Waals surface area contributed by atoms with Crippen molar-refractivity contribution >= 4 is 19.4 Å². The van der Waals surface area contributed by atoms with Gasteiger partial charge in [0.25, 0.3) is 0 Å². The smallest absolute Gasteiger partial charge is 0.736 e. The Hall–Kier alpha value is -4.01. The molecule has 0 bridgehead atoms. The third-order valence-electron chi connectivity index (χ3n) is 6.79. The molecule has 0 saturated heterocycles. The summed E-state index contributed by atoms with van der Waals surface area (Å²) in [7, 11) is -4.96. The maximum Gasteiger partial charge on any atom is 1.00 e. The number of rotatable bonds is 12. The predicted molar refractivity (Wildman–Crippen MR) is 159 cm³/mol. The van der Waals surface area contributed by atoms with Crippen molar-refractivity contribution in [2.75, 3.05) is 0 Å². The average Bonchev–Trinajstić information content (AvgIpc) is 2.98. The number of benzene rings is 4. The first-order valence-corrected chi connectivity index (χ1v) is 14.9. The van der Waals surface area contributed by atoms with E-state index in [4.69, 9.17) is 9.05 Å². The Morgan fingerprint density at radius 1 is 0.705 bits per heavy atom. The molecule has 0 aliphatic carbocycles. The Labute approximate surface area is 278 Å². The molecule has 4 aromatic carbocycles. The molecule has 0 aliphatic heterocycles. The van der Waals surface area contributed by atoms with Gasteiger partial charge < -0.3 is 13.9 Å². The molecule has 216 valence electrons. The van der Waals surface area contributed by atoms with Crippen molar-refractivity contribution < 1.29 is 57.7 Å². The van der Waals surface area contributed by atoms with E-state index in [2.05, 4.69) is 12.1 Å². The van der Waals surface area contributed by atoms with Gasteiger partial charge in [-0.05, 0) is 49.2 Å². The number of carbonyl (C=O) groups excluding carboxylic acids is 2. The SMILES string of the molecule is Cc1ccc(C(=O)CC(C#N)c2cccc(OP(=O)([O-])Oc3cccc(C(C#N)CC(=O)c4ccc(C)cc4)c3)c2)cc1.[Na+]. The zero-order valence-electron chi connectivity index (χ0n) is 24.6. The maximum absolute atomic E-state index is 12.8. The van der Waals surface area contributed by atoms with Crippen LogP contribution >= 0.6 is 7.82 Å². The van der Waals surface area contributed by atoms with Crippen molar-refractivity contribution in [3.8, 4) is 23.6 Å². The van der Waals surface area contributed by atoms with Crippen molar-refractivity contribution in [1.29, 1.82) is 10.5 Å². The summed E-state index contributed by atoms with van der Waals surface area (Å²) in [6.07, 6.45) is -0.179. The van der Waals surface area contributed by atoms with E-state index in [0.29, 0.717) is 22.3 Å². The molecule has 4 aromatic rings. The van der Waals surface area contributed by atoms with Crippen LogP contribution in [0.15, 0.2) is 97.1 Å². The van der Waals surface area contributed by atoms with E-state index >= 15 is 0 Å². The Morgan fingerprint density at radius 3 is 1.41 bits per heavy atom. The Bertz CT molecular complexity index is 1630. The molecule has 2 unspecified atom stereocenters. The second-order valence-corrected chi connectivity index (χ2v) is 11.4. The summed E-state index contributed by atoms with van der Waals surface area (Å²) >= 11 is 0. The van der Waals surface area contributed by atoms with Gasteiger partial charge in [-0.3, -0.25) is 9.59 Å². The van der Waals surface area contributed by atoms with Crippen LogP contribution < -0.4 is 43.5 Å². The zero-order valence-corrected chi connectivity index (χ0v) is 27.5. The summed E-state index contributed by atoms with van der Waals surface area (Å²) in [5, 5.41) is 19.5. The van der Waals surface area contributed by atoms with Crippen LogP contribution in [0.25, 0.3) is 0 Å². The summed E-state index contributed by atoms with van der Waals surface area (Å²) in [6, 6.07) is 30.1. The van der Waals surface area contributed by atoms with Gasteiger partial charge >= 0.3 is 37.4 Å². The topological polar surface area (TPSA) is 140 Å². The van der Waals surface area contributed by atoms with Crippen LogP contribution in [0, 0.1) is 36.5 Å².